The summed E-state index contributed by atoms with van der Waals surface area (Å²) in [5.74, 6) is -0.0619. The fraction of sp³-hybridized carbons (Fsp3) is 0.360. The van der Waals surface area contributed by atoms with Crippen LogP contribution in [0.15, 0.2) is 48.5 Å². The molecule has 1 fully saturated rings. The molecule has 0 saturated carbocycles. The number of thiocarbonyl (C=S) groups is 1. The number of hydrogen-bond donors (Lipinski definition) is 1. The van der Waals surface area contributed by atoms with Gasteiger partial charge in [0.1, 0.15) is 5.75 Å². The second-order valence-corrected chi connectivity index (χ2v) is 9.28. The van der Waals surface area contributed by atoms with E-state index in [-0.39, 0.29) is 11.7 Å². The van der Waals surface area contributed by atoms with Crippen LogP contribution in [-0.4, -0.2) is 52.5 Å². The third kappa shape index (κ3) is 4.19. The minimum atomic E-state index is -1.89. The molecule has 11 heteroatoms. The van der Waals surface area contributed by atoms with Crippen molar-refractivity contribution in [3.05, 3.63) is 59.7 Å². The summed E-state index contributed by atoms with van der Waals surface area (Å²) in [6.45, 7) is 6.88. The average molecular weight is 513 g/mol. The van der Waals surface area contributed by atoms with Gasteiger partial charge in [0, 0.05) is 5.56 Å². The largest absolute Gasteiger partial charge is 0.497 e. The van der Waals surface area contributed by atoms with Crippen LogP contribution in [0.25, 0.3) is 0 Å². The van der Waals surface area contributed by atoms with Crippen molar-refractivity contribution in [2.75, 3.05) is 12.0 Å². The summed E-state index contributed by atoms with van der Waals surface area (Å²) in [5, 5.41) is 4.52. The van der Waals surface area contributed by atoms with E-state index in [1.165, 1.54) is 12.0 Å². The molecule has 4 rings (SSSR count). The van der Waals surface area contributed by atoms with Gasteiger partial charge in [0.05, 0.1) is 31.5 Å². The lowest BCUT2D eigenvalue weighted by molar-refractivity contribution is -0.134. The highest BCUT2D eigenvalue weighted by Gasteiger charge is 2.66. The molecule has 2 heterocycles. The Balaban J connectivity index is 1.90. The molecule has 0 bridgehead atoms. The summed E-state index contributed by atoms with van der Waals surface area (Å²) in [6.07, 6.45) is -2.89. The first-order chi connectivity index (χ1) is 17.1. The highest BCUT2D eigenvalue weighted by molar-refractivity contribution is 7.80. The van der Waals surface area contributed by atoms with E-state index in [0.29, 0.717) is 17.0 Å². The van der Waals surface area contributed by atoms with Crippen molar-refractivity contribution in [3.8, 4) is 5.75 Å². The van der Waals surface area contributed by atoms with E-state index < -0.39 is 36.0 Å². The zero-order chi connectivity index (χ0) is 26.2. The Morgan fingerprint density at radius 3 is 2.25 bits per heavy atom. The molecule has 1 atom stereocenters. The molecule has 1 spiro atoms. The van der Waals surface area contributed by atoms with Crippen molar-refractivity contribution in [2.45, 2.75) is 52.1 Å². The number of nitrogens with zero attached hydrogens (tertiary/aromatic N) is 3. The van der Waals surface area contributed by atoms with Gasteiger partial charge < -0.3 is 24.4 Å². The van der Waals surface area contributed by atoms with Gasteiger partial charge in [0.15, 0.2) is 0 Å². The number of benzene rings is 2. The molecule has 2 aliphatic rings. The number of ether oxygens (including phenoxy) is 3. The van der Waals surface area contributed by atoms with Crippen molar-refractivity contribution in [1.82, 2.24) is 15.3 Å². The molecular weight excluding hydrogens is 484 g/mol. The molecule has 0 aliphatic carbocycles. The fourth-order valence-corrected chi connectivity index (χ4v) is 4.53. The summed E-state index contributed by atoms with van der Waals surface area (Å²) >= 11 is 5.46. The third-order valence-corrected chi connectivity index (χ3v) is 5.91. The van der Waals surface area contributed by atoms with Crippen molar-refractivity contribution in [2.24, 2.45) is 0 Å². The van der Waals surface area contributed by atoms with Gasteiger partial charge in [0.2, 0.25) is 10.8 Å². The molecule has 0 aromatic heterocycles. The Labute approximate surface area is 214 Å². The number of methoxy groups -OCH3 is 1. The summed E-state index contributed by atoms with van der Waals surface area (Å²) in [4.78, 5) is 42.4. The van der Waals surface area contributed by atoms with Gasteiger partial charge in [-0.15, -0.1) is 0 Å². The van der Waals surface area contributed by atoms with E-state index in [1.54, 1.807) is 45.9 Å². The van der Waals surface area contributed by atoms with Gasteiger partial charge in [-0.25, -0.2) is 9.59 Å². The van der Waals surface area contributed by atoms with Crippen molar-refractivity contribution in [1.29, 1.82) is 0 Å². The van der Waals surface area contributed by atoms with Crippen LogP contribution in [0.5, 0.6) is 5.75 Å². The lowest BCUT2D eigenvalue weighted by Crippen LogP contribution is -2.60. The molecule has 10 nitrogen and oxygen atoms in total. The number of rotatable bonds is 5. The highest BCUT2D eigenvalue weighted by atomic mass is 32.1. The second-order valence-electron chi connectivity index (χ2n) is 8.89. The van der Waals surface area contributed by atoms with E-state index in [4.69, 9.17) is 26.4 Å². The SMILES string of the molecule is COc1ccc2c(c1)C1(NC(=S)N(C(=O)OC(C)C)N1C(=O)OC(C)C)C(=O)N2Cc1ccccc1. The molecule has 3 amide bonds. The zero-order valence-corrected chi connectivity index (χ0v) is 21.5. The number of hydrogen-bond acceptors (Lipinski definition) is 7. The summed E-state index contributed by atoms with van der Waals surface area (Å²) in [7, 11) is 1.50. The van der Waals surface area contributed by atoms with Crippen molar-refractivity contribution < 1.29 is 28.6 Å². The smallest absolute Gasteiger partial charge is 0.436 e. The van der Waals surface area contributed by atoms with Gasteiger partial charge >= 0.3 is 12.2 Å². The maximum Gasteiger partial charge on any atom is 0.436 e. The lowest BCUT2D eigenvalue weighted by atomic mass is 10.0. The molecule has 0 radical (unpaired) electrons. The molecule has 2 aliphatic heterocycles. The van der Waals surface area contributed by atoms with E-state index >= 15 is 0 Å². The minimum Gasteiger partial charge on any atom is -0.497 e. The van der Waals surface area contributed by atoms with Crippen molar-refractivity contribution in [3.63, 3.8) is 0 Å². The number of hydrazine groups is 1. The Morgan fingerprint density at radius 2 is 1.64 bits per heavy atom. The first-order valence-corrected chi connectivity index (χ1v) is 11.9. The Hall–Kier alpha value is -3.86. The Morgan fingerprint density at radius 1 is 1.00 bits per heavy atom. The van der Waals surface area contributed by atoms with Crippen LogP contribution < -0.4 is 15.0 Å². The van der Waals surface area contributed by atoms with Gasteiger partial charge in [-0.2, -0.15) is 10.0 Å². The fourth-order valence-electron chi connectivity index (χ4n) is 4.22. The Kier molecular flexibility index (Phi) is 6.77. The number of carbonyl (C=O) groups excluding carboxylic acids is 3. The van der Waals surface area contributed by atoms with Crippen molar-refractivity contribution >= 4 is 41.1 Å². The molecule has 36 heavy (non-hydrogen) atoms. The maximum atomic E-state index is 14.3. The summed E-state index contributed by atoms with van der Waals surface area (Å²) in [6, 6.07) is 14.5. The maximum absolute atomic E-state index is 14.3. The number of fused-ring (bicyclic) bond motifs is 2. The van der Waals surface area contributed by atoms with Crippen LogP contribution in [0.4, 0.5) is 15.3 Å². The van der Waals surface area contributed by atoms with Crippen LogP contribution in [-0.2, 0) is 26.5 Å². The second kappa shape index (κ2) is 9.65. The van der Waals surface area contributed by atoms with Crippen LogP contribution in [0, 0.1) is 0 Å². The summed E-state index contributed by atoms with van der Waals surface area (Å²) in [5.41, 5.74) is -0.109. The minimum absolute atomic E-state index is 0.176. The van der Waals surface area contributed by atoms with E-state index in [0.717, 1.165) is 15.6 Å². The number of carbonyl (C=O) groups is 3. The van der Waals surface area contributed by atoms with Gasteiger partial charge in [-0.3, -0.25) is 4.79 Å². The normalized spacial score (nSPS) is 18.7. The third-order valence-electron chi connectivity index (χ3n) is 5.64. The predicted molar refractivity (Wildman–Crippen MR) is 135 cm³/mol. The quantitative estimate of drug-likeness (QED) is 0.603. The molecular formula is C25H28N4O6S. The topological polar surface area (TPSA) is 101 Å². The molecule has 190 valence electrons. The predicted octanol–water partition coefficient (Wildman–Crippen LogP) is 3.89. The van der Waals surface area contributed by atoms with E-state index in [1.807, 2.05) is 30.3 Å². The molecule has 1 unspecified atom stereocenters. The van der Waals surface area contributed by atoms with Crippen LogP contribution >= 0.6 is 12.2 Å². The van der Waals surface area contributed by atoms with Gasteiger partial charge in [-0.1, -0.05) is 30.3 Å². The van der Waals surface area contributed by atoms with Crippen LogP contribution in [0.3, 0.4) is 0 Å². The lowest BCUT2D eigenvalue weighted by Gasteiger charge is -2.35. The average Bonchev–Trinajstić information content (AvgIpc) is 3.26. The van der Waals surface area contributed by atoms with E-state index in [2.05, 4.69) is 5.32 Å². The van der Waals surface area contributed by atoms with Gasteiger partial charge in [0.25, 0.3) is 5.91 Å². The van der Waals surface area contributed by atoms with Crippen LogP contribution in [0.2, 0.25) is 0 Å². The van der Waals surface area contributed by atoms with E-state index in [9.17, 15) is 14.4 Å². The first-order valence-electron chi connectivity index (χ1n) is 11.5. The molecule has 2 aromatic carbocycles. The number of amides is 3. The highest BCUT2D eigenvalue weighted by Crippen LogP contribution is 2.48. The Bertz CT molecular complexity index is 1200. The zero-order valence-electron chi connectivity index (χ0n) is 20.7. The standard InChI is InChI=1S/C25H28N4O6S/c1-15(2)34-23(31)28-22(36)26-25(29(28)24(32)35-16(3)4)19-13-18(33-5)11-12-20(19)27(21(25)30)14-17-9-7-6-8-10-17/h6-13,15-16H,14H2,1-5H3,(H,26,36). The molecule has 2 aromatic rings. The van der Waals surface area contributed by atoms with Crippen LogP contribution in [0.1, 0.15) is 38.8 Å². The summed E-state index contributed by atoms with van der Waals surface area (Å²) < 4.78 is 16.2. The molecule has 1 N–H and O–H groups in total. The number of anilines is 1. The number of nitrogens with one attached hydrogen (secondary N) is 1. The monoisotopic (exact) mass is 512 g/mol. The van der Waals surface area contributed by atoms with Gasteiger partial charge in [-0.05, 0) is 63.7 Å². The first kappa shape index (κ1) is 25.2. The molecule has 1 saturated heterocycles.